The first-order valence-corrected chi connectivity index (χ1v) is 18.8. The Morgan fingerprint density at radius 3 is 2.44 bits per heavy atom. The summed E-state index contributed by atoms with van der Waals surface area (Å²) in [7, 11) is -2.33. The van der Waals surface area contributed by atoms with Crippen molar-refractivity contribution in [2.45, 2.75) is 101 Å². The molecule has 0 unspecified atom stereocenters. The number of rotatable bonds is 8. The van der Waals surface area contributed by atoms with Crippen LogP contribution >= 0.6 is 11.6 Å². The minimum atomic E-state index is -3.84. The van der Waals surface area contributed by atoms with E-state index in [0.29, 0.717) is 29.5 Å². The number of hydrogen-bond acceptors (Lipinski definition) is 7. The van der Waals surface area contributed by atoms with E-state index in [-0.39, 0.29) is 60.2 Å². The van der Waals surface area contributed by atoms with Crippen molar-refractivity contribution in [3.63, 3.8) is 0 Å². The number of nitrogens with one attached hydrogen (secondary N) is 2. The number of aliphatic hydroxyl groups is 1. The molecular weight excluding hydrogens is 656 g/mol. The Hall–Kier alpha value is -2.90. The third kappa shape index (κ3) is 10.3. The van der Waals surface area contributed by atoms with E-state index in [1.165, 1.54) is 42.0 Å². The molecule has 1 saturated carbocycles. The molecule has 1 aliphatic heterocycles. The van der Waals surface area contributed by atoms with Crippen LogP contribution in [0, 0.1) is 5.92 Å². The number of amides is 3. The van der Waals surface area contributed by atoms with Gasteiger partial charge in [0.05, 0.1) is 35.3 Å². The number of carbonyl (C=O) groups is 2. The molecule has 1 aliphatic carbocycles. The Kier molecular flexibility index (Phi) is 14.0. The van der Waals surface area contributed by atoms with Gasteiger partial charge in [-0.25, -0.2) is 13.2 Å². The van der Waals surface area contributed by atoms with Crippen LogP contribution in [0.3, 0.4) is 0 Å². The molecule has 2 aliphatic rings. The van der Waals surface area contributed by atoms with E-state index in [9.17, 15) is 23.1 Å². The monoisotopic (exact) mass is 706 g/mol. The highest BCUT2D eigenvalue weighted by Crippen LogP contribution is 2.29. The van der Waals surface area contributed by atoms with E-state index in [1.807, 2.05) is 13.8 Å². The van der Waals surface area contributed by atoms with Gasteiger partial charge < -0.3 is 30.1 Å². The van der Waals surface area contributed by atoms with Gasteiger partial charge in [0.15, 0.2) is 0 Å². The van der Waals surface area contributed by atoms with Crippen LogP contribution < -0.4 is 15.4 Å². The Labute approximate surface area is 290 Å². The SMILES string of the molecule is C[C@@H]1CCCCO[C@@H](CN(C)S(=O)(=O)c2ccc(Cl)cc2)[C@H](C)CN([C@@H](C)CO)C(=O)c2cc(NC(=O)NC3CCCCC3)ccc2O1. The van der Waals surface area contributed by atoms with Crippen LogP contribution in [0.4, 0.5) is 10.5 Å². The summed E-state index contributed by atoms with van der Waals surface area (Å²) in [5.41, 5.74) is 0.717. The summed E-state index contributed by atoms with van der Waals surface area (Å²) in [4.78, 5) is 28.9. The van der Waals surface area contributed by atoms with Crippen molar-refractivity contribution in [2.24, 2.45) is 5.92 Å². The fourth-order valence-electron chi connectivity index (χ4n) is 6.20. The molecule has 266 valence electrons. The van der Waals surface area contributed by atoms with Gasteiger partial charge in [-0.3, -0.25) is 4.79 Å². The molecule has 1 fully saturated rings. The summed E-state index contributed by atoms with van der Waals surface area (Å²) < 4.78 is 40.7. The molecule has 0 radical (unpaired) electrons. The zero-order valence-corrected chi connectivity index (χ0v) is 30.1. The van der Waals surface area contributed by atoms with E-state index in [1.54, 1.807) is 30.0 Å². The fourth-order valence-corrected chi connectivity index (χ4v) is 7.51. The largest absolute Gasteiger partial charge is 0.490 e. The number of hydrogen-bond donors (Lipinski definition) is 3. The van der Waals surface area contributed by atoms with Gasteiger partial charge in [0.25, 0.3) is 5.91 Å². The summed E-state index contributed by atoms with van der Waals surface area (Å²) in [6, 6.07) is 10.3. The third-order valence-electron chi connectivity index (χ3n) is 9.21. The number of sulfonamides is 1. The van der Waals surface area contributed by atoms with Crippen molar-refractivity contribution in [2.75, 3.05) is 38.7 Å². The Morgan fingerprint density at radius 1 is 1.06 bits per heavy atom. The normalized spacial score (nSPS) is 22.7. The lowest BCUT2D eigenvalue weighted by Crippen LogP contribution is -2.48. The van der Waals surface area contributed by atoms with Crippen LogP contribution in [0.1, 0.15) is 82.5 Å². The molecule has 1 heterocycles. The molecule has 0 bridgehead atoms. The van der Waals surface area contributed by atoms with Gasteiger partial charge >= 0.3 is 6.03 Å². The van der Waals surface area contributed by atoms with Crippen molar-refractivity contribution < 1.29 is 32.6 Å². The second-order valence-corrected chi connectivity index (χ2v) is 15.7. The molecule has 3 N–H and O–H groups in total. The van der Waals surface area contributed by atoms with E-state index in [2.05, 4.69) is 10.6 Å². The Balaban J connectivity index is 1.60. The van der Waals surface area contributed by atoms with Gasteiger partial charge in [0, 0.05) is 49.4 Å². The number of halogens is 1. The second-order valence-electron chi connectivity index (χ2n) is 13.2. The number of likely N-dealkylation sites (N-methyl/N-ethyl adjacent to an activating group) is 1. The molecule has 2 aromatic carbocycles. The minimum Gasteiger partial charge on any atom is -0.490 e. The molecule has 0 saturated heterocycles. The maximum Gasteiger partial charge on any atom is 0.319 e. The molecule has 11 nitrogen and oxygen atoms in total. The molecule has 0 aromatic heterocycles. The van der Waals surface area contributed by atoms with E-state index in [4.69, 9.17) is 21.1 Å². The van der Waals surface area contributed by atoms with Crippen LogP contribution in [0.5, 0.6) is 5.75 Å². The predicted molar refractivity (Wildman–Crippen MR) is 187 cm³/mol. The molecule has 4 rings (SSSR count). The molecule has 13 heteroatoms. The molecule has 3 amide bonds. The Morgan fingerprint density at radius 2 is 1.75 bits per heavy atom. The highest BCUT2D eigenvalue weighted by molar-refractivity contribution is 7.89. The third-order valence-corrected chi connectivity index (χ3v) is 11.3. The van der Waals surface area contributed by atoms with Gasteiger partial charge in [0.1, 0.15) is 5.75 Å². The average Bonchev–Trinajstić information content (AvgIpc) is 3.06. The topological polar surface area (TPSA) is 138 Å². The molecule has 2 aromatic rings. The number of urea groups is 1. The second kappa shape index (κ2) is 17.7. The number of fused-ring (bicyclic) bond motifs is 1. The van der Waals surface area contributed by atoms with Gasteiger partial charge in [-0.15, -0.1) is 0 Å². The predicted octanol–water partition coefficient (Wildman–Crippen LogP) is 5.91. The zero-order valence-electron chi connectivity index (χ0n) is 28.5. The summed E-state index contributed by atoms with van der Waals surface area (Å²) in [6.45, 7) is 5.97. The van der Waals surface area contributed by atoms with Crippen molar-refractivity contribution in [1.82, 2.24) is 14.5 Å². The molecule has 0 spiro atoms. The highest BCUT2D eigenvalue weighted by Gasteiger charge is 2.32. The van der Waals surface area contributed by atoms with Crippen LogP contribution in [-0.2, 0) is 14.8 Å². The first kappa shape index (κ1) is 37.9. The number of anilines is 1. The number of benzene rings is 2. The maximum absolute atomic E-state index is 14.4. The highest BCUT2D eigenvalue weighted by atomic mass is 35.5. The van der Waals surface area contributed by atoms with Crippen LogP contribution in [0.15, 0.2) is 47.4 Å². The summed E-state index contributed by atoms with van der Waals surface area (Å²) in [6.07, 6.45) is 6.75. The average molecular weight is 707 g/mol. The number of ether oxygens (including phenoxy) is 2. The van der Waals surface area contributed by atoms with Crippen LogP contribution in [0.2, 0.25) is 5.02 Å². The van der Waals surface area contributed by atoms with Crippen molar-refractivity contribution in [1.29, 1.82) is 0 Å². The maximum atomic E-state index is 14.4. The van der Waals surface area contributed by atoms with Gasteiger partial charge in [0.2, 0.25) is 10.0 Å². The number of carbonyl (C=O) groups excluding carboxylic acids is 2. The van der Waals surface area contributed by atoms with Crippen LogP contribution in [-0.4, -0.2) is 92.3 Å². The molecular formula is C35H51ClN4O7S. The molecule has 48 heavy (non-hydrogen) atoms. The standard InChI is InChI=1S/C35H51ClN4O7S/c1-24-21-40(25(2)23-41)34(42)31-20-29(38-35(43)37-28-11-6-5-7-12-28)15-18-32(31)47-26(3)10-8-9-19-46-33(24)22-39(4)48(44,45)30-16-13-27(36)14-17-30/h13-18,20,24-26,28,33,41H,5-12,19,21-23H2,1-4H3,(H2,37,38,43)/t24-,25+,26-,33+/m1/s1. The van der Waals surface area contributed by atoms with E-state index in [0.717, 1.165) is 38.5 Å². The zero-order chi connectivity index (χ0) is 34.8. The summed E-state index contributed by atoms with van der Waals surface area (Å²) in [5, 5.41) is 16.6. The van der Waals surface area contributed by atoms with Crippen LogP contribution in [0.25, 0.3) is 0 Å². The number of aliphatic hydroxyl groups excluding tert-OH is 1. The van der Waals surface area contributed by atoms with E-state index < -0.39 is 22.2 Å². The fraction of sp³-hybridized carbons (Fsp3) is 0.600. The van der Waals surface area contributed by atoms with Crippen molar-refractivity contribution >= 4 is 39.2 Å². The first-order valence-electron chi connectivity index (χ1n) is 17.0. The van der Waals surface area contributed by atoms with Gasteiger partial charge in [-0.2, -0.15) is 4.31 Å². The lowest BCUT2D eigenvalue weighted by Gasteiger charge is -2.35. The quantitative estimate of drug-likeness (QED) is 0.310. The number of nitrogens with zero attached hydrogens (tertiary/aromatic N) is 2. The Bertz CT molecular complexity index is 1470. The minimum absolute atomic E-state index is 0.0575. The van der Waals surface area contributed by atoms with Crippen molar-refractivity contribution in [3.05, 3.63) is 53.1 Å². The smallest absolute Gasteiger partial charge is 0.319 e. The van der Waals surface area contributed by atoms with Gasteiger partial charge in [-0.05, 0) is 88.4 Å². The lowest BCUT2D eigenvalue weighted by molar-refractivity contribution is -0.00833. The summed E-state index contributed by atoms with van der Waals surface area (Å²) in [5.74, 6) is -0.299. The summed E-state index contributed by atoms with van der Waals surface area (Å²) >= 11 is 5.99. The van der Waals surface area contributed by atoms with Crippen molar-refractivity contribution in [3.8, 4) is 5.75 Å². The van der Waals surface area contributed by atoms with E-state index >= 15 is 0 Å². The van der Waals surface area contributed by atoms with Gasteiger partial charge in [-0.1, -0.05) is 37.8 Å². The lowest BCUT2D eigenvalue weighted by atomic mass is 9.96. The first-order chi connectivity index (χ1) is 22.9. The molecule has 4 atom stereocenters.